The highest BCUT2D eigenvalue weighted by Gasteiger charge is 2.28. The van der Waals surface area contributed by atoms with Crippen LogP contribution in [0.5, 0.6) is 0 Å². The Morgan fingerprint density at radius 1 is 1.55 bits per heavy atom. The number of primary amides is 1. The predicted octanol–water partition coefficient (Wildman–Crippen LogP) is -1.16. The molecular formula is C5H10N2O3S. The van der Waals surface area contributed by atoms with Gasteiger partial charge in [-0.3, -0.25) is 0 Å². The Bertz CT molecular complexity index is 259. The summed E-state index contributed by atoms with van der Waals surface area (Å²) in [5.41, 5.74) is 4.82. The van der Waals surface area contributed by atoms with E-state index in [1.807, 2.05) is 0 Å². The van der Waals surface area contributed by atoms with Crippen molar-refractivity contribution in [3.05, 3.63) is 0 Å². The number of nitrogens with one attached hydrogen (secondary N) is 1. The van der Waals surface area contributed by atoms with Crippen molar-refractivity contribution in [1.29, 1.82) is 0 Å². The standard InChI is InChI=1S/C5H10N2O3S/c6-5(8)7-4-1-2-11(9,10)3-4/h4H,1-3H2,(H3,6,7,8)/t4-/m0/s1. The second-order valence-corrected chi connectivity index (χ2v) is 4.84. The second kappa shape index (κ2) is 2.69. The molecular weight excluding hydrogens is 168 g/mol. The molecule has 1 saturated heterocycles. The maximum Gasteiger partial charge on any atom is 0.312 e. The van der Waals surface area contributed by atoms with E-state index in [0.29, 0.717) is 6.42 Å². The first-order valence-electron chi connectivity index (χ1n) is 3.26. The van der Waals surface area contributed by atoms with Crippen molar-refractivity contribution in [2.45, 2.75) is 12.5 Å². The van der Waals surface area contributed by atoms with Crippen LogP contribution >= 0.6 is 0 Å². The Hall–Kier alpha value is -0.780. The molecule has 0 aliphatic carbocycles. The van der Waals surface area contributed by atoms with Crippen LogP contribution in [-0.4, -0.2) is 32.0 Å². The van der Waals surface area contributed by atoms with E-state index in [1.54, 1.807) is 0 Å². The molecule has 1 aliphatic heterocycles. The zero-order valence-corrected chi connectivity index (χ0v) is 6.73. The van der Waals surface area contributed by atoms with E-state index < -0.39 is 15.9 Å². The van der Waals surface area contributed by atoms with Crippen LogP contribution in [0.1, 0.15) is 6.42 Å². The number of sulfone groups is 1. The predicted molar refractivity (Wildman–Crippen MR) is 39.8 cm³/mol. The van der Waals surface area contributed by atoms with Crippen LogP contribution < -0.4 is 11.1 Å². The minimum atomic E-state index is -2.91. The smallest absolute Gasteiger partial charge is 0.312 e. The fourth-order valence-electron chi connectivity index (χ4n) is 1.11. The van der Waals surface area contributed by atoms with Gasteiger partial charge in [-0.1, -0.05) is 0 Å². The number of hydrogen-bond donors (Lipinski definition) is 2. The van der Waals surface area contributed by atoms with Crippen LogP contribution in [-0.2, 0) is 9.84 Å². The number of urea groups is 1. The van der Waals surface area contributed by atoms with Gasteiger partial charge in [-0.25, -0.2) is 13.2 Å². The molecule has 5 nitrogen and oxygen atoms in total. The first-order valence-corrected chi connectivity index (χ1v) is 5.08. The van der Waals surface area contributed by atoms with Crippen LogP contribution in [0.3, 0.4) is 0 Å². The van der Waals surface area contributed by atoms with Crippen molar-refractivity contribution in [3.8, 4) is 0 Å². The summed E-state index contributed by atoms with van der Waals surface area (Å²) in [6.45, 7) is 0. The average molecular weight is 178 g/mol. The van der Waals surface area contributed by atoms with Crippen LogP contribution in [0, 0.1) is 0 Å². The van der Waals surface area contributed by atoms with Crippen LogP contribution in [0.15, 0.2) is 0 Å². The molecule has 0 aromatic heterocycles. The molecule has 1 atom stereocenters. The van der Waals surface area contributed by atoms with Crippen molar-refractivity contribution in [3.63, 3.8) is 0 Å². The van der Waals surface area contributed by atoms with Gasteiger partial charge in [0.05, 0.1) is 11.5 Å². The second-order valence-electron chi connectivity index (χ2n) is 2.61. The van der Waals surface area contributed by atoms with E-state index in [1.165, 1.54) is 0 Å². The van der Waals surface area contributed by atoms with Gasteiger partial charge in [0.25, 0.3) is 0 Å². The zero-order valence-electron chi connectivity index (χ0n) is 5.91. The topological polar surface area (TPSA) is 89.3 Å². The monoisotopic (exact) mass is 178 g/mol. The lowest BCUT2D eigenvalue weighted by atomic mass is 10.3. The number of rotatable bonds is 1. The Morgan fingerprint density at radius 2 is 2.18 bits per heavy atom. The van der Waals surface area contributed by atoms with Gasteiger partial charge in [0, 0.05) is 6.04 Å². The minimum absolute atomic E-state index is 0.0237. The molecule has 0 saturated carbocycles. The summed E-state index contributed by atoms with van der Waals surface area (Å²) in [7, 11) is -2.91. The quantitative estimate of drug-likeness (QED) is 0.531. The molecule has 1 rings (SSSR count). The SMILES string of the molecule is NC(=O)N[C@H]1CCS(=O)(=O)C1. The summed E-state index contributed by atoms with van der Waals surface area (Å²) in [4.78, 5) is 10.3. The molecule has 1 fully saturated rings. The van der Waals surface area contributed by atoms with Crippen LogP contribution in [0.4, 0.5) is 4.79 Å². The molecule has 1 aliphatic rings. The van der Waals surface area contributed by atoms with Crippen LogP contribution in [0.25, 0.3) is 0 Å². The van der Waals surface area contributed by atoms with E-state index in [-0.39, 0.29) is 17.5 Å². The third-order valence-electron chi connectivity index (χ3n) is 1.58. The van der Waals surface area contributed by atoms with Gasteiger partial charge in [0.2, 0.25) is 0 Å². The Labute approximate surface area is 64.9 Å². The highest BCUT2D eigenvalue weighted by Crippen LogP contribution is 2.10. The first-order chi connectivity index (χ1) is 4.99. The van der Waals surface area contributed by atoms with E-state index >= 15 is 0 Å². The summed E-state index contributed by atoms with van der Waals surface area (Å²) in [5.74, 6) is 0.174. The first kappa shape index (κ1) is 8.32. The zero-order chi connectivity index (χ0) is 8.48. The van der Waals surface area contributed by atoms with E-state index in [0.717, 1.165) is 0 Å². The molecule has 11 heavy (non-hydrogen) atoms. The largest absolute Gasteiger partial charge is 0.352 e. The van der Waals surface area contributed by atoms with E-state index in [4.69, 9.17) is 5.73 Å². The van der Waals surface area contributed by atoms with Gasteiger partial charge in [-0.2, -0.15) is 0 Å². The lowest BCUT2D eigenvalue weighted by Crippen LogP contribution is -2.39. The fraction of sp³-hybridized carbons (Fsp3) is 0.800. The maximum absolute atomic E-state index is 10.8. The molecule has 1 heterocycles. The molecule has 2 amide bonds. The molecule has 0 aromatic rings. The van der Waals surface area contributed by atoms with Gasteiger partial charge >= 0.3 is 6.03 Å². The molecule has 0 aromatic carbocycles. The molecule has 0 radical (unpaired) electrons. The maximum atomic E-state index is 10.8. The van der Waals surface area contributed by atoms with Gasteiger partial charge in [0.1, 0.15) is 0 Å². The van der Waals surface area contributed by atoms with Crippen molar-refractivity contribution < 1.29 is 13.2 Å². The Balaban J connectivity index is 2.49. The summed E-state index contributed by atoms with van der Waals surface area (Å²) in [6, 6.07) is -0.940. The summed E-state index contributed by atoms with van der Waals surface area (Å²) in [6.07, 6.45) is 0.477. The Kier molecular flexibility index (Phi) is 2.03. The summed E-state index contributed by atoms with van der Waals surface area (Å²) in [5, 5.41) is 2.36. The molecule has 0 unspecified atom stereocenters. The van der Waals surface area contributed by atoms with Gasteiger partial charge in [0.15, 0.2) is 9.84 Å². The number of hydrogen-bond acceptors (Lipinski definition) is 3. The molecule has 64 valence electrons. The number of carbonyl (C=O) groups excluding carboxylic acids is 1. The minimum Gasteiger partial charge on any atom is -0.352 e. The van der Waals surface area contributed by atoms with Gasteiger partial charge in [-0.05, 0) is 6.42 Å². The van der Waals surface area contributed by atoms with Gasteiger partial charge in [-0.15, -0.1) is 0 Å². The average Bonchev–Trinajstić information content (AvgIpc) is 2.08. The van der Waals surface area contributed by atoms with Crippen molar-refractivity contribution in [1.82, 2.24) is 5.32 Å². The van der Waals surface area contributed by atoms with Crippen molar-refractivity contribution in [2.24, 2.45) is 5.73 Å². The summed E-state index contributed by atoms with van der Waals surface area (Å²) < 4.78 is 21.7. The number of nitrogens with two attached hydrogens (primary N) is 1. The van der Waals surface area contributed by atoms with Crippen molar-refractivity contribution in [2.75, 3.05) is 11.5 Å². The molecule has 6 heteroatoms. The lowest BCUT2D eigenvalue weighted by molar-refractivity contribution is 0.246. The number of amides is 2. The molecule has 0 bridgehead atoms. The number of carbonyl (C=O) groups is 1. The molecule has 0 spiro atoms. The van der Waals surface area contributed by atoms with Crippen molar-refractivity contribution >= 4 is 15.9 Å². The van der Waals surface area contributed by atoms with E-state index in [2.05, 4.69) is 5.32 Å². The molecule has 3 N–H and O–H groups in total. The lowest BCUT2D eigenvalue weighted by Gasteiger charge is -2.06. The fourth-order valence-corrected chi connectivity index (χ4v) is 2.78. The normalized spacial score (nSPS) is 28.2. The highest BCUT2D eigenvalue weighted by molar-refractivity contribution is 7.91. The van der Waals surface area contributed by atoms with Gasteiger partial charge < -0.3 is 11.1 Å². The third-order valence-corrected chi connectivity index (χ3v) is 3.35. The highest BCUT2D eigenvalue weighted by atomic mass is 32.2. The summed E-state index contributed by atoms with van der Waals surface area (Å²) >= 11 is 0. The van der Waals surface area contributed by atoms with Crippen LogP contribution in [0.2, 0.25) is 0 Å². The Morgan fingerprint density at radius 3 is 2.55 bits per heavy atom. The third kappa shape index (κ3) is 2.38. The van der Waals surface area contributed by atoms with E-state index in [9.17, 15) is 13.2 Å².